The molecule has 1 amide bonds. The van der Waals surface area contributed by atoms with Gasteiger partial charge in [-0.3, -0.25) is 4.79 Å². The first-order chi connectivity index (χ1) is 8.60. The zero-order chi connectivity index (χ0) is 13.1. The predicted octanol–water partition coefficient (Wildman–Crippen LogP) is 1.29. The van der Waals surface area contributed by atoms with Crippen LogP contribution in [0.2, 0.25) is 0 Å². The van der Waals surface area contributed by atoms with E-state index in [4.69, 9.17) is 4.74 Å². The van der Waals surface area contributed by atoms with Gasteiger partial charge < -0.3 is 15.4 Å². The van der Waals surface area contributed by atoms with Crippen molar-refractivity contribution in [2.75, 3.05) is 13.6 Å². The average Bonchev–Trinajstić information content (AvgIpc) is 2.80. The largest absolute Gasteiger partial charge is 0.486 e. The standard InChI is InChI=1S/C12H14FIN2O2/c1-15-12(17)10-5-8(6-16-10)18-11-3-2-7(14)4-9(11)13/h2-4,8,10,16H,5-6H2,1H3,(H,15,17)/t8-,10-/m1/s1. The van der Waals surface area contributed by atoms with E-state index in [9.17, 15) is 9.18 Å². The van der Waals surface area contributed by atoms with Crippen molar-refractivity contribution in [2.45, 2.75) is 18.6 Å². The quantitative estimate of drug-likeness (QED) is 0.795. The molecule has 2 rings (SSSR count). The van der Waals surface area contributed by atoms with E-state index in [2.05, 4.69) is 10.6 Å². The van der Waals surface area contributed by atoms with Gasteiger partial charge in [-0.05, 0) is 40.8 Å². The van der Waals surface area contributed by atoms with Crippen LogP contribution < -0.4 is 15.4 Å². The van der Waals surface area contributed by atoms with Crippen molar-refractivity contribution in [3.05, 3.63) is 27.6 Å². The summed E-state index contributed by atoms with van der Waals surface area (Å²) in [4.78, 5) is 11.4. The van der Waals surface area contributed by atoms with Gasteiger partial charge in [-0.2, -0.15) is 0 Å². The number of likely N-dealkylation sites (N-methyl/N-ethyl adjacent to an activating group) is 1. The lowest BCUT2D eigenvalue weighted by molar-refractivity contribution is -0.122. The second kappa shape index (κ2) is 5.83. The topological polar surface area (TPSA) is 50.4 Å². The molecule has 6 heteroatoms. The Hall–Kier alpha value is -0.890. The van der Waals surface area contributed by atoms with Gasteiger partial charge in [0.05, 0.1) is 6.04 Å². The van der Waals surface area contributed by atoms with Crippen molar-refractivity contribution in [1.29, 1.82) is 0 Å². The van der Waals surface area contributed by atoms with Gasteiger partial charge in [0.15, 0.2) is 11.6 Å². The Morgan fingerprint density at radius 2 is 2.39 bits per heavy atom. The number of amides is 1. The fourth-order valence-corrected chi connectivity index (χ4v) is 2.37. The Kier molecular flexibility index (Phi) is 4.39. The molecule has 1 heterocycles. The molecule has 1 aliphatic rings. The molecule has 0 saturated carbocycles. The van der Waals surface area contributed by atoms with Crippen molar-refractivity contribution in [2.24, 2.45) is 0 Å². The third-order valence-corrected chi connectivity index (χ3v) is 3.51. The Bertz CT molecular complexity index is 456. The van der Waals surface area contributed by atoms with E-state index in [1.165, 1.54) is 6.07 Å². The molecule has 0 radical (unpaired) electrons. The van der Waals surface area contributed by atoms with E-state index in [1.54, 1.807) is 19.2 Å². The molecule has 1 fully saturated rings. The van der Waals surface area contributed by atoms with Gasteiger partial charge >= 0.3 is 0 Å². The maximum absolute atomic E-state index is 13.6. The fraction of sp³-hybridized carbons (Fsp3) is 0.417. The molecule has 1 aromatic rings. The summed E-state index contributed by atoms with van der Waals surface area (Å²) >= 11 is 2.04. The first-order valence-electron chi connectivity index (χ1n) is 5.67. The van der Waals surface area contributed by atoms with Crippen molar-refractivity contribution >= 4 is 28.5 Å². The highest BCUT2D eigenvalue weighted by Crippen LogP contribution is 2.22. The molecule has 4 nitrogen and oxygen atoms in total. The summed E-state index contributed by atoms with van der Waals surface area (Å²) in [5.41, 5.74) is 0. The summed E-state index contributed by atoms with van der Waals surface area (Å²) < 4.78 is 20.0. The van der Waals surface area contributed by atoms with Crippen LogP contribution in [0.1, 0.15) is 6.42 Å². The molecule has 2 N–H and O–H groups in total. The SMILES string of the molecule is CNC(=O)[C@H]1C[C@@H](Oc2ccc(I)cc2F)CN1. The minimum Gasteiger partial charge on any atom is -0.486 e. The summed E-state index contributed by atoms with van der Waals surface area (Å²) in [6.45, 7) is 0.545. The van der Waals surface area contributed by atoms with Crippen molar-refractivity contribution in [3.63, 3.8) is 0 Å². The van der Waals surface area contributed by atoms with E-state index in [0.717, 1.165) is 3.57 Å². The Morgan fingerprint density at radius 1 is 1.61 bits per heavy atom. The number of ether oxygens (including phenoxy) is 1. The second-order valence-corrected chi connectivity index (χ2v) is 5.37. The highest BCUT2D eigenvalue weighted by molar-refractivity contribution is 14.1. The number of hydrogen-bond donors (Lipinski definition) is 2. The molecule has 0 bridgehead atoms. The van der Waals surface area contributed by atoms with Crippen LogP contribution in [0.15, 0.2) is 18.2 Å². The van der Waals surface area contributed by atoms with E-state index in [-0.39, 0.29) is 29.6 Å². The molecule has 1 aliphatic heterocycles. The molecule has 0 unspecified atom stereocenters. The lowest BCUT2D eigenvalue weighted by Gasteiger charge is -2.13. The highest BCUT2D eigenvalue weighted by atomic mass is 127. The smallest absolute Gasteiger partial charge is 0.237 e. The second-order valence-electron chi connectivity index (χ2n) is 4.13. The lowest BCUT2D eigenvalue weighted by Crippen LogP contribution is -2.38. The third kappa shape index (κ3) is 3.11. The molecular formula is C12H14FIN2O2. The first-order valence-corrected chi connectivity index (χ1v) is 6.74. The number of benzene rings is 1. The summed E-state index contributed by atoms with van der Waals surface area (Å²) in [6, 6.07) is 4.57. The van der Waals surface area contributed by atoms with Crippen LogP contribution in [0.4, 0.5) is 4.39 Å². The Labute approximate surface area is 118 Å². The Morgan fingerprint density at radius 3 is 3.06 bits per heavy atom. The van der Waals surface area contributed by atoms with Crippen molar-refractivity contribution in [3.8, 4) is 5.75 Å². The summed E-state index contributed by atoms with van der Waals surface area (Å²) in [5, 5.41) is 5.63. The van der Waals surface area contributed by atoms with Gasteiger partial charge in [0.25, 0.3) is 0 Å². The average molecular weight is 364 g/mol. The molecule has 1 saturated heterocycles. The predicted molar refractivity (Wildman–Crippen MR) is 74.0 cm³/mol. The maximum atomic E-state index is 13.6. The summed E-state index contributed by atoms with van der Waals surface area (Å²) in [5.74, 6) is -0.200. The van der Waals surface area contributed by atoms with Gasteiger partial charge in [0.2, 0.25) is 5.91 Å². The lowest BCUT2D eigenvalue weighted by atomic mass is 10.2. The van der Waals surface area contributed by atoms with Crippen molar-refractivity contribution < 1.29 is 13.9 Å². The van der Waals surface area contributed by atoms with Crippen LogP contribution in [0, 0.1) is 9.39 Å². The van der Waals surface area contributed by atoms with Crippen LogP contribution in [0.25, 0.3) is 0 Å². The highest BCUT2D eigenvalue weighted by Gasteiger charge is 2.30. The van der Waals surface area contributed by atoms with Gasteiger partial charge in [0.1, 0.15) is 6.10 Å². The van der Waals surface area contributed by atoms with Crippen LogP contribution in [-0.4, -0.2) is 31.6 Å². The van der Waals surface area contributed by atoms with Gasteiger partial charge in [-0.15, -0.1) is 0 Å². The van der Waals surface area contributed by atoms with Crippen molar-refractivity contribution in [1.82, 2.24) is 10.6 Å². The zero-order valence-corrected chi connectivity index (χ0v) is 12.0. The molecule has 98 valence electrons. The number of hydrogen-bond acceptors (Lipinski definition) is 3. The minimum absolute atomic E-state index is 0.0656. The van der Waals surface area contributed by atoms with Crippen LogP contribution in [-0.2, 0) is 4.79 Å². The van der Waals surface area contributed by atoms with E-state index < -0.39 is 0 Å². The molecule has 2 atom stereocenters. The van der Waals surface area contributed by atoms with Gasteiger partial charge in [-0.1, -0.05) is 0 Å². The number of rotatable bonds is 3. The van der Waals surface area contributed by atoms with E-state index in [0.29, 0.717) is 13.0 Å². The molecule has 0 aliphatic carbocycles. The molecular weight excluding hydrogens is 350 g/mol. The van der Waals surface area contributed by atoms with Crippen LogP contribution in [0.5, 0.6) is 5.75 Å². The number of carbonyl (C=O) groups excluding carboxylic acids is 1. The monoisotopic (exact) mass is 364 g/mol. The van der Waals surface area contributed by atoms with E-state index >= 15 is 0 Å². The van der Waals surface area contributed by atoms with Crippen LogP contribution >= 0.6 is 22.6 Å². The normalized spacial score (nSPS) is 22.8. The van der Waals surface area contributed by atoms with E-state index in [1.807, 2.05) is 22.6 Å². The number of nitrogens with one attached hydrogen (secondary N) is 2. The van der Waals surface area contributed by atoms with Gasteiger partial charge in [-0.25, -0.2) is 4.39 Å². The fourth-order valence-electron chi connectivity index (χ4n) is 1.92. The van der Waals surface area contributed by atoms with Gasteiger partial charge in [0, 0.05) is 23.6 Å². The minimum atomic E-state index is -0.370. The number of carbonyl (C=O) groups is 1. The molecule has 0 spiro atoms. The van der Waals surface area contributed by atoms with Crippen LogP contribution in [0.3, 0.4) is 0 Å². The number of halogens is 2. The Balaban J connectivity index is 1.97. The first kappa shape index (κ1) is 13.5. The molecule has 18 heavy (non-hydrogen) atoms. The maximum Gasteiger partial charge on any atom is 0.237 e. The summed E-state index contributed by atoms with van der Waals surface area (Å²) in [6.07, 6.45) is 0.368. The summed E-state index contributed by atoms with van der Waals surface area (Å²) in [7, 11) is 1.59. The zero-order valence-electron chi connectivity index (χ0n) is 9.87. The molecule has 0 aromatic heterocycles. The third-order valence-electron chi connectivity index (χ3n) is 2.84. The molecule has 1 aromatic carbocycles.